The maximum atomic E-state index is 12.6. The highest BCUT2D eigenvalue weighted by molar-refractivity contribution is 5.92. The number of carbonyl (C=O) groups excluding carboxylic acids is 1. The number of carbonyl (C=O) groups is 2. The molecular formula is C22H23NO6. The highest BCUT2D eigenvalue weighted by atomic mass is 16.5. The zero-order valence-corrected chi connectivity index (χ0v) is 16.4. The first kappa shape index (κ1) is 20.3. The fourth-order valence-electron chi connectivity index (χ4n) is 3.16. The number of carboxylic acids is 1. The molecule has 0 bridgehead atoms. The van der Waals surface area contributed by atoms with Crippen molar-refractivity contribution in [3.8, 4) is 17.2 Å². The van der Waals surface area contributed by atoms with Crippen molar-refractivity contribution in [1.82, 2.24) is 4.90 Å². The van der Waals surface area contributed by atoms with Crippen molar-refractivity contribution in [2.24, 2.45) is 0 Å². The van der Waals surface area contributed by atoms with Crippen molar-refractivity contribution < 1.29 is 28.9 Å². The topological polar surface area (TPSA) is 85.3 Å². The zero-order valence-electron chi connectivity index (χ0n) is 16.4. The van der Waals surface area contributed by atoms with E-state index in [1.807, 2.05) is 12.1 Å². The number of nitrogens with zero attached hydrogens (tertiary/aromatic N) is 1. The molecule has 1 aliphatic heterocycles. The van der Waals surface area contributed by atoms with Gasteiger partial charge in [-0.1, -0.05) is 12.1 Å². The number of ether oxygens (including phenoxy) is 3. The molecule has 7 heteroatoms. The van der Waals surface area contributed by atoms with E-state index in [9.17, 15) is 9.59 Å². The van der Waals surface area contributed by atoms with Crippen LogP contribution in [0.5, 0.6) is 17.2 Å². The van der Waals surface area contributed by atoms with E-state index in [2.05, 4.69) is 0 Å². The maximum absolute atomic E-state index is 12.6. The Kier molecular flexibility index (Phi) is 6.39. The van der Waals surface area contributed by atoms with Crippen molar-refractivity contribution >= 4 is 18.0 Å². The lowest BCUT2D eigenvalue weighted by molar-refractivity contribution is -0.139. The van der Waals surface area contributed by atoms with E-state index in [1.165, 1.54) is 0 Å². The Bertz CT molecular complexity index is 920. The number of rotatable bonds is 7. The van der Waals surface area contributed by atoms with Gasteiger partial charge in [0.05, 0.1) is 14.2 Å². The molecule has 0 fully saturated rings. The van der Waals surface area contributed by atoms with E-state index in [-0.39, 0.29) is 12.5 Å². The van der Waals surface area contributed by atoms with Gasteiger partial charge in [0.1, 0.15) is 5.75 Å². The van der Waals surface area contributed by atoms with E-state index in [4.69, 9.17) is 19.3 Å². The molecular weight excluding hydrogens is 374 g/mol. The van der Waals surface area contributed by atoms with Gasteiger partial charge < -0.3 is 24.2 Å². The minimum absolute atomic E-state index is 0.0726. The standard InChI is InChI=1S/C22H23NO6/c1-27-19-11-16-9-10-23(13-17(16)12-20(19)28-2)21(24)8-5-15-3-6-18(7-4-15)29-14-22(25)26/h3-8,11-12H,9-10,13-14H2,1-2H3,(H,25,26). The first-order valence-corrected chi connectivity index (χ1v) is 9.15. The van der Waals surface area contributed by atoms with E-state index >= 15 is 0 Å². The minimum atomic E-state index is -1.03. The van der Waals surface area contributed by atoms with Crippen LogP contribution >= 0.6 is 0 Å². The molecule has 29 heavy (non-hydrogen) atoms. The Morgan fingerprint density at radius 1 is 1.07 bits per heavy atom. The third-order valence-corrected chi connectivity index (χ3v) is 4.69. The second kappa shape index (κ2) is 9.14. The smallest absolute Gasteiger partial charge is 0.341 e. The Morgan fingerprint density at radius 3 is 2.34 bits per heavy atom. The molecule has 0 unspecified atom stereocenters. The van der Waals surface area contributed by atoms with Gasteiger partial charge in [0, 0.05) is 19.2 Å². The van der Waals surface area contributed by atoms with Crippen LogP contribution in [0.2, 0.25) is 0 Å². The number of carboxylic acid groups (broad SMARTS) is 1. The summed E-state index contributed by atoms with van der Waals surface area (Å²) in [4.78, 5) is 24.9. The fraction of sp³-hybridized carbons (Fsp3) is 0.273. The zero-order chi connectivity index (χ0) is 20.8. The Hall–Kier alpha value is -3.48. The molecule has 0 saturated heterocycles. The van der Waals surface area contributed by atoms with E-state index in [0.29, 0.717) is 30.3 Å². The van der Waals surface area contributed by atoms with Crippen LogP contribution < -0.4 is 14.2 Å². The fourth-order valence-corrected chi connectivity index (χ4v) is 3.16. The van der Waals surface area contributed by atoms with Crippen LogP contribution in [0.25, 0.3) is 6.08 Å². The monoisotopic (exact) mass is 397 g/mol. The van der Waals surface area contributed by atoms with Gasteiger partial charge in [-0.05, 0) is 53.5 Å². The molecule has 0 saturated carbocycles. The van der Waals surface area contributed by atoms with Gasteiger partial charge in [-0.15, -0.1) is 0 Å². The van der Waals surface area contributed by atoms with E-state index in [0.717, 1.165) is 23.1 Å². The molecule has 2 aromatic carbocycles. The van der Waals surface area contributed by atoms with Crippen LogP contribution in [-0.2, 0) is 22.6 Å². The molecule has 2 aromatic rings. The molecule has 7 nitrogen and oxygen atoms in total. The third-order valence-electron chi connectivity index (χ3n) is 4.69. The lowest BCUT2D eigenvalue weighted by Crippen LogP contribution is -2.34. The summed E-state index contributed by atoms with van der Waals surface area (Å²) < 4.78 is 15.8. The second-order valence-corrected chi connectivity index (χ2v) is 6.57. The number of methoxy groups -OCH3 is 2. The molecule has 1 N–H and O–H groups in total. The highest BCUT2D eigenvalue weighted by Gasteiger charge is 2.21. The molecule has 0 aromatic heterocycles. The van der Waals surface area contributed by atoms with Crippen molar-refractivity contribution in [2.75, 3.05) is 27.4 Å². The van der Waals surface area contributed by atoms with Crippen LogP contribution in [0.1, 0.15) is 16.7 Å². The van der Waals surface area contributed by atoms with E-state index in [1.54, 1.807) is 55.5 Å². The van der Waals surface area contributed by atoms with Crippen LogP contribution in [-0.4, -0.2) is 49.3 Å². The molecule has 0 atom stereocenters. The van der Waals surface area contributed by atoms with Gasteiger partial charge in [-0.3, -0.25) is 4.79 Å². The molecule has 1 aliphatic rings. The number of benzene rings is 2. The summed E-state index contributed by atoms with van der Waals surface area (Å²) in [6.45, 7) is 0.759. The first-order valence-electron chi connectivity index (χ1n) is 9.15. The lowest BCUT2D eigenvalue weighted by Gasteiger charge is -2.28. The largest absolute Gasteiger partial charge is 0.493 e. The summed E-state index contributed by atoms with van der Waals surface area (Å²) >= 11 is 0. The maximum Gasteiger partial charge on any atom is 0.341 e. The van der Waals surface area contributed by atoms with Crippen molar-refractivity contribution in [3.05, 3.63) is 59.2 Å². The lowest BCUT2D eigenvalue weighted by atomic mass is 9.98. The summed E-state index contributed by atoms with van der Waals surface area (Å²) in [6.07, 6.45) is 4.02. The number of hydrogen-bond acceptors (Lipinski definition) is 5. The molecule has 152 valence electrons. The van der Waals surface area contributed by atoms with Crippen LogP contribution in [0.3, 0.4) is 0 Å². The molecule has 1 heterocycles. The average Bonchev–Trinajstić information content (AvgIpc) is 2.75. The summed E-state index contributed by atoms with van der Waals surface area (Å²) in [5.74, 6) is 0.714. The van der Waals surface area contributed by atoms with Crippen molar-refractivity contribution in [2.45, 2.75) is 13.0 Å². The highest BCUT2D eigenvalue weighted by Crippen LogP contribution is 2.33. The van der Waals surface area contributed by atoms with Crippen LogP contribution in [0.15, 0.2) is 42.5 Å². The van der Waals surface area contributed by atoms with Gasteiger partial charge in [0.25, 0.3) is 0 Å². The van der Waals surface area contributed by atoms with Gasteiger partial charge in [-0.25, -0.2) is 4.79 Å². The predicted molar refractivity (Wildman–Crippen MR) is 107 cm³/mol. The number of aliphatic carboxylic acids is 1. The summed E-state index contributed by atoms with van der Waals surface area (Å²) in [6, 6.07) is 10.8. The summed E-state index contributed by atoms with van der Waals surface area (Å²) in [5.41, 5.74) is 3.04. The van der Waals surface area contributed by atoms with Gasteiger partial charge in [0.2, 0.25) is 5.91 Å². The third kappa shape index (κ3) is 5.07. The van der Waals surface area contributed by atoms with Crippen LogP contribution in [0.4, 0.5) is 0 Å². The average molecular weight is 397 g/mol. The Labute approximate surface area is 169 Å². The van der Waals surface area contributed by atoms with Crippen molar-refractivity contribution in [1.29, 1.82) is 0 Å². The normalized spacial score (nSPS) is 13.1. The molecule has 0 radical (unpaired) electrons. The molecule has 1 amide bonds. The summed E-state index contributed by atoms with van der Waals surface area (Å²) in [7, 11) is 3.20. The van der Waals surface area contributed by atoms with Gasteiger partial charge >= 0.3 is 5.97 Å². The Morgan fingerprint density at radius 2 is 1.72 bits per heavy atom. The van der Waals surface area contributed by atoms with Gasteiger partial charge in [0.15, 0.2) is 18.1 Å². The molecule has 3 rings (SSSR count). The molecule has 0 spiro atoms. The number of fused-ring (bicyclic) bond motifs is 1. The Balaban J connectivity index is 1.63. The summed E-state index contributed by atoms with van der Waals surface area (Å²) in [5, 5.41) is 8.62. The number of hydrogen-bond donors (Lipinski definition) is 1. The van der Waals surface area contributed by atoms with Crippen LogP contribution in [0, 0.1) is 0 Å². The van der Waals surface area contributed by atoms with Crippen molar-refractivity contribution in [3.63, 3.8) is 0 Å². The van der Waals surface area contributed by atoms with E-state index < -0.39 is 5.97 Å². The first-order chi connectivity index (χ1) is 14.0. The quantitative estimate of drug-likeness (QED) is 0.723. The molecule has 0 aliphatic carbocycles. The predicted octanol–water partition coefficient (Wildman–Crippen LogP) is 2.77. The SMILES string of the molecule is COc1cc2c(cc1OC)CN(C(=O)C=Cc1ccc(OCC(=O)O)cc1)CC2. The van der Waals surface area contributed by atoms with Gasteiger partial charge in [-0.2, -0.15) is 0 Å². The number of amides is 1. The second-order valence-electron chi connectivity index (χ2n) is 6.57. The minimum Gasteiger partial charge on any atom is -0.493 e.